The van der Waals surface area contributed by atoms with Gasteiger partial charge in [-0.25, -0.2) is 0 Å². The molecular formula is C20H33NO2. The summed E-state index contributed by atoms with van der Waals surface area (Å²) in [7, 11) is 0. The van der Waals surface area contributed by atoms with Crippen LogP contribution in [0.1, 0.15) is 57.6 Å². The van der Waals surface area contributed by atoms with Gasteiger partial charge in [-0.15, -0.1) is 0 Å². The van der Waals surface area contributed by atoms with Gasteiger partial charge < -0.3 is 9.64 Å². The Hall–Kier alpha value is -1.35. The molecule has 0 radical (unpaired) electrons. The van der Waals surface area contributed by atoms with Gasteiger partial charge >= 0.3 is 5.97 Å². The van der Waals surface area contributed by atoms with Gasteiger partial charge in [-0.3, -0.25) is 4.79 Å². The Morgan fingerprint density at radius 2 is 1.83 bits per heavy atom. The van der Waals surface area contributed by atoms with E-state index in [1.165, 1.54) is 0 Å². The van der Waals surface area contributed by atoms with Gasteiger partial charge in [-0.2, -0.15) is 0 Å². The summed E-state index contributed by atoms with van der Waals surface area (Å²) < 4.78 is 5.61. The SMILES string of the molecule is CC[C@@H](C)[C@H](C(=O)OCCCN(CC)CC)c1ccccc1C. The highest BCUT2D eigenvalue weighted by molar-refractivity contribution is 5.79. The first kappa shape index (κ1) is 19.7. The second-order valence-electron chi connectivity index (χ2n) is 6.27. The van der Waals surface area contributed by atoms with Gasteiger partial charge in [-0.05, 0) is 43.5 Å². The Labute approximate surface area is 142 Å². The average molecular weight is 319 g/mol. The summed E-state index contributed by atoms with van der Waals surface area (Å²) in [4.78, 5) is 15.0. The van der Waals surface area contributed by atoms with E-state index in [2.05, 4.69) is 51.7 Å². The second kappa shape index (κ2) is 10.4. The lowest BCUT2D eigenvalue weighted by molar-refractivity contribution is -0.147. The molecule has 2 atom stereocenters. The van der Waals surface area contributed by atoms with Crippen LogP contribution in [0.4, 0.5) is 0 Å². The lowest BCUT2D eigenvalue weighted by Crippen LogP contribution is -2.27. The smallest absolute Gasteiger partial charge is 0.313 e. The number of carbonyl (C=O) groups is 1. The van der Waals surface area contributed by atoms with Gasteiger partial charge in [0, 0.05) is 6.54 Å². The topological polar surface area (TPSA) is 29.5 Å². The van der Waals surface area contributed by atoms with Gasteiger partial charge in [0.05, 0.1) is 12.5 Å². The third kappa shape index (κ3) is 5.98. The molecular weight excluding hydrogens is 286 g/mol. The standard InChI is InChI=1S/C20H33NO2/c1-6-16(4)19(18-13-10-9-12-17(18)5)20(22)23-15-11-14-21(7-2)8-3/h9-10,12-13,16,19H,6-8,11,14-15H2,1-5H3/t16-,19+/m1/s1. The predicted molar refractivity (Wildman–Crippen MR) is 96.7 cm³/mol. The van der Waals surface area contributed by atoms with Gasteiger partial charge in [0.1, 0.15) is 0 Å². The third-order valence-corrected chi connectivity index (χ3v) is 4.75. The predicted octanol–water partition coefficient (Wildman–Crippen LogP) is 4.40. The molecule has 3 heteroatoms. The monoisotopic (exact) mass is 319 g/mol. The molecule has 0 aliphatic carbocycles. The molecule has 0 heterocycles. The summed E-state index contributed by atoms with van der Waals surface area (Å²) in [5.41, 5.74) is 2.27. The molecule has 0 N–H and O–H groups in total. The molecule has 0 amide bonds. The number of aryl methyl sites for hydroxylation is 1. The van der Waals surface area contributed by atoms with Gasteiger partial charge in [-0.1, -0.05) is 58.4 Å². The van der Waals surface area contributed by atoms with Crippen molar-refractivity contribution in [3.05, 3.63) is 35.4 Å². The zero-order chi connectivity index (χ0) is 17.2. The fourth-order valence-electron chi connectivity index (χ4n) is 2.93. The van der Waals surface area contributed by atoms with Crippen LogP contribution in [0, 0.1) is 12.8 Å². The van der Waals surface area contributed by atoms with E-state index in [4.69, 9.17) is 4.74 Å². The fraction of sp³-hybridized carbons (Fsp3) is 0.650. The van der Waals surface area contributed by atoms with Crippen molar-refractivity contribution in [3.8, 4) is 0 Å². The Morgan fingerprint density at radius 3 is 2.39 bits per heavy atom. The highest BCUT2D eigenvalue weighted by Gasteiger charge is 2.28. The van der Waals surface area contributed by atoms with Crippen molar-refractivity contribution in [2.24, 2.45) is 5.92 Å². The summed E-state index contributed by atoms with van der Waals surface area (Å²) in [6.45, 7) is 14.2. The molecule has 0 fully saturated rings. The van der Waals surface area contributed by atoms with Crippen LogP contribution in [0.3, 0.4) is 0 Å². The zero-order valence-electron chi connectivity index (χ0n) is 15.5. The molecule has 0 aliphatic rings. The number of rotatable bonds is 10. The lowest BCUT2D eigenvalue weighted by Gasteiger charge is -2.24. The average Bonchev–Trinajstić information content (AvgIpc) is 2.56. The molecule has 0 spiro atoms. The van der Waals surface area contributed by atoms with Crippen molar-refractivity contribution < 1.29 is 9.53 Å². The summed E-state index contributed by atoms with van der Waals surface area (Å²) in [6, 6.07) is 8.15. The first-order valence-electron chi connectivity index (χ1n) is 8.99. The first-order valence-corrected chi connectivity index (χ1v) is 8.99. The van der Waals surface area contributed by atoms with Crippen LogP contribution in [-0.2, 0) is 9.53 Å². The Balaban J connectivity index is 2.66. The van der Waals surface area contributed by atoms with Crippen molar-refractivity contribution in [2.45, 2.75) is 53.4 Å². The zero-order valence-corrected chi connectivity index (χ0v) is 15.5. The van der Waals surface area contributed by atoms with Crippen LogP contribution in [0.5, 0.6) is 0 Å². The van der Waals surface area contributed by atoms with Crippen molar-refractivity contribution in [1.82, 2.24) is 4.90 Å². The number of hydrogen-bond donors (Lipinski definition) is 0. The maximum absolute atomic E-state index is 12.6. The quantitative estimate of drug-likeness (QED) is 0.473. The van der Waals surface area contributed by atoms with E-state index >= 15 is 0 Å². The lowest BCUT2D eigenvalue weighted by atomic mass is 9.83. The van der Waals surface area contributed by atoms with Crippen LogP contribution in [0.2, 0.25) is 0 Å². The van der Waals surface area contributed by atoms with Gasteiger partial charge in [0.25, 0.3) is 0 Å². The Kier molecular flexibility index (Phi) is 8.93. The minimum Gasteiger partial charge on any atom is -0.465 e. The minimum atomic E-state index is -0.158. The highest BCUT2D eigenvalue weighted by Crippen LogP contribution is 2.30. The summed E-state index contributed by atoms with van der Waals surface area (Å²) in [5.74, 6) is 0.0502. The molecule has 0 aliphatic heterocycles. The van der Waals surface area contributed by atoms with Gasteiger partial charge in [0.2, 0.25) is 0 Å². The molecule has 130 valence electrons. The van der Waals surface area contributed by atoms with E-state index < -0.39 is 0 Å². The number of hydrogen-bond acceptors (Lipinski definition) is 3. The second-order valence-corrected chi connectivity index (χ2v) is 6.27. The largest absolute Gasteiger partial charge is 0.465 e. The van der Waals surface area contributed by atoms with Crippen LogP contribution in [0.25, 0.3) is 0 Å². The Bertz CT molecular complexity index is 468. The summed E-state index contributed by atoms with van der Waals surface area (Å²) >= 11 is 0. The van der Waals surface area contributed by atoms with E-state index in [1.807, 2.05) is 12.1 Å². The van der Waals surface area contributed by atoms with E-state index in [1.54, 1.807) is 0 Å². The molecule has 0 unspecified atom stereocenters. The Morgan fingerprint density at radius 1 is 1.17 bits per heavy atom. The molecule has 23 heavy (non-hydrogen) atoms. The number of carbonyl (C=O) groups excluding carboxylic acids is 1. The third-order valence-electron chi connectivity index (χ3n) is 4.75. The highest BCUT2D eigenvalue weighted by atomic mass is 16.5. The molecule has 1 aromatic carbocycles. The molecule has 0 bridgehead atoms. The summed E-state index contributed by atoms with van der Waals surface area (Å²) in [5, 5.41) is 0. The van der Waals surface area contributed by atoms with E-state index in [0.717, 1.165) is 43.6 Å². The molecule has 0 aromatic heterocycles. The fourth-order valence-corrected chi connectivity index (χ4v) is 2.93. The van der Waals surface area contributed by atoms with Crippen LogP contribution in [-0.4, -0.2) is 37.1 Å². The molecule has 1 rings (SSSR count). The van der Waals surface area contributed by atoms with Crippen molar-refractivity contribution in [1.29, 1.82) is 0 Å². The van der Waals surface area contributed by atoms with Gasteiger partial charge in [0.15, 0.2) is 0 Å². The van der Waals surface area contributed by atoms with E-state index in [-0.39, 0.29) is 17.8 Å². The van der Waals surface area contributed by atoms with Crippen molar-refractivity contribution >= 4 is 5.97 Å². The molecule has 0 saturated heterocycles. The first-order chi connectivity index (χ1) is 11.0. The van der Waals surface area contributed by atoms with Crippen molar-refractivity contribution in [2.75, 3.05) is 26.2 Å². The number of esters is 1. The number of benzene rings is 1. The van der Waals surface area contributed by atoms with Crippen LogP contribution >= 0.6 is 0 Å². The minimum absolute atomic E-state index is 0.0757. The number of ether oxygens (including phenoxy) is 1. The van der Waals surface area contributed by atoms with Crippen LogP contribution < -0.4 is 0 Å². The maximum atomic E-state index is 12.6. The number of nitrogens with zero attached hydrogens (tertiary/aromatic N) is 1. The molecule has 3 nitrogen and oxygen atoms in total. The molecule has 1 aromatic rings. The van der Waals surface area contributed by atoms with E-state index in [0.29, 0.717) is 6.61 Å². The molecule has 0 saturated carbocycles. The van der Waals surface area contributed by atoms with Crippen LogP contribution in [0.15, 0.2) is 24.3 Å². The van der Waals surface area contributed by atoms with E-state index in [9.17, 15) is 4.79 Å². The maximum Gasteiger partial charge on any atom is 0.313 e. The van der Waals surface area contributed by atoms with Crippen molar-refractivity contribution in [3.63, 3.8) is 0 Å². The normalized spacial score (nSPS) is 13.8. The summed E-state index contributed by atoms with van der Waals surface area (Å²) in [6.07, 6.45) is 1.86.